The first-order valence-electron chi connectivity index (χ1n) is 5.56. The first kappa shape index (κ1) is 14.1. The van der Waals surface area contributed by atoms with E-state index < -0.39 is 11.3 Å². The van der Waals surface area contributed by atoms with Crippen LogP contribution in [0.15, 0.2) is 0 Å². The highest BCUT2D eigenvalue weighted by atomic mass is 32.2. The van der Waals surface area contributed by atoms with Crippen molar-refractivity contribution >= 4 is 11.3 Å². The van der Waals surface area contributed by atoms with Crippen molar-refractivity contribution in [3.63, 3.8) is 0 Å². The molecular weight excluding hydrogens is 198 g/mol. The number of unbranched alkanes of at least 4 members (excludes halogenated alkanes) is 5. The van der Waals surface area contributed by atoms with Gasteiger partial charge in [-0.1, -0.05) is 46.0 Å². The molecule has 0 heterocycles. The summed E-state index contributed by atoms with van der Waals surface area (Å²) in [6.45, 7) is 5.33. The van der Waals surface area contributed by atoms with Gasteiger partial charge in [0.15, 0.2) is 0 Å². The van der Waals surface area contributed by atoms with Crippen molar-refractivity contribution in [2.45, 2.75) is 52.4 Å². The number of hydrogen-bond donors (Lipinski definition) is 0. The summed E-state index contributed by atoms with van der Waals surface area (Å²) in [5, 5.41) is 0. The number of nitrogens with zero attached hydrogens (tertiary/aromatic N) is 1. The van der Waals surface area contributed by atoms with Gasteiger partial charge in [0.1, 0.15) is 0 Å². The van der Waals surface area contributed by atoms with Crippen molar-refractivity contribution in [2.75, 3.05) is 13.1 Å². The van der Waals surface area contributed by atoms with Gasteiger partial charge in [-0.3, -0.25) is 4.21 Å². The van der Waals surface area contributed by atoms with Crippen molar-refractivity contribution in [1.82, 2.24) is 4.31 Å². The maximum atomic E-state index is 10.6. The zero-order valence-corrected chi connectivity index (χ0v) is 10.1. The zero-order valence-electron chi connectivity index (χ0n) is 9.33. The minimum Gasteiger partial charge on any atom is -0.760 e. The van der Waals surface area contributed by atoms with Crippen LogP contribution in [0, 0.1) is 0 Å². The highest BCUT2D eigenvalue weighted by Crippen LogP contribution is 2.06. The Morgan fingerprint density at radius 1 is 1.07 bits per heavy atom. The third kappa shape index (κ3) is 7.47. The maximum absolute atomic E-state index is 10.6. The molecule has 86 valence electrons. The summed E-state index contributed by atoms with van der Waals surface area (Å²) in [7, 11) is 0. The molecule has 4 heteroatoms. The third-order valence-electron chi connectivity index (χ3n) is 2.32. The van der Waals surface area contributed by atoms with Crippen molar-refractivity contribution < 1.29 is 8.76 Å². The van der Waals surface area contributed by atoms with Crippen LogP contribution >= 0.6 is 0 Å². The molecule has 0 saturated carbocycles. The second-order valence-corrected chi connectivity index (χ2v) is 4.46. The van der Waals surface area contributed by atoms with Crippen LogP contribution in [0.25, 0.3) is 0 Å². The van der Waals surface area contributed by atoms with Gasteiger partial charge in [-0.15, -0.1) is 0 Å². The van der Waals surface area contributed by atoms with Gasteiger partial charge in [0.25, 0.3) is 0 Å². The molecule has 0 aromatic rings. The van der Waals surface area contributed by atoms with E-state index in [-0.39, 0.29) is 0 Å². The summed E-state index contributed by atoms with van der Waals surface area (Å²) in [6.07, 6.45) is 7.20. The van der Waals surface area contributed by atoms with E-state index in [4.69, 9.17) is 0 Å². The topological polar surface area (TPSA) is 43.4 Å². The Labute approximate surface area is 90.3 Å². The Kier molecular flexibility index (Phi) is 9.67. The average molecular weight is 220 g/mol. The van der Waals surface area contributed by atoms with Crippen LogP contribution in [-0.2, 0) is 11.3 Å². The Balaban J connectivity index is 3.29. The fraction of sp³-hybridized carbons (Fsp3) is 1.00. The van der Waals surface area contributed by atoms with Gasteiger partial charge in [-0.05, 0) is 6.42 Å². The fourth-order valence-corrected chi connectivity index (χ4v) is 1.90. The van der Waals surface area contributed by atoms with E-state index in [0.29, 0.717) is 13.1 Å². The smallest absolute Gasteiger partial charge is 0.0209 e. The monoisotopic (exact) mass is 220 g/mol. The molecule has 0 rings (SSSR count). The standard InChI is InChI=1S/C10H23NO2S/c1-3-5-6-7-8-9-10-11(4-2)14(12)13/h3-10H2,1-2H3,(H,12,13)/p-1. The van der Waals surface area contributed by atoms with E-state index in [0.717, 1.165) is 12.8 Å². The molecule has 1 unspecified atom stereocenters. The summed E-state index contributed by atoms with van der Waals surface area (Å²) < 4.78 is 22.7. The van der Waals surface area contributed by atoms with Gasteiger partial charge >= 0.3 is 0 Å². The first-order chi connectivity index (χ1) is 6.72. The molecule has 0 spiro atoms. The fourth-order valence-electron chi connectivity index (χ4n) is 1.41. The predicted octanol–water partition coefficient (Wildman–Crippen LogP) is 2.46. The van der Waals surface area contributed by atoms with Crippen LogP contribution < -0.4 is 0 Å². The van der Waals surface area contributed by atoms with Crippen LogP contribution in [0.1, 0.15) is 52.4 Å². The molecular formula is C10H22NO2S-. The molecule has 3 nitrogen and oxygen atoms in total. The third-order valence-corrected chi connectivity index (χ3v) is 3.19. The van der Waals surface area contributed by atoms with Crippen LogP contribution in [0.2, 0.25) is 0 Å². The van der Waals surface area contributed by atoms with Crippen LogP contribution in [-0.4, -0.2) is 26.2 Å². The Hall–Kier alpha value is 0.0700. The van der Waals surface area contributed by atoms with Gasteiger partial charge in [0, 0.05) is 24.4 Å². The Bertz CT molecular complexity index is 153. The molecule has 0 aromatic carbocycles. The van der Waals surface area contributed by atoms with E-state index >= 15 is 0 Å². The molecule has 1 atom stereocenters. The van der Waals surface area contributed by atoms with Gasteiger partial charge in [-0.25, -0.2) is 4.31 Å². The van der Waals surface area contributed by atoms with Gasteiger partial charge in [0.2, 0.25) is 0 Å². The second-order valence-electron chi connectivity index (χ2n) is 3.51. The lowest BCUT2D eigenvalue weighted by molar-refractivity contribution is 0.389. The summed E-state index contributed by atoms with van der Waals surface area (Å²) in [5.41, 5.74) is 0. The SMILES string of the molecule is CCCCCCCCN(CC)S(=O)[O-]. The van der Waals surface area contributed by atoms with Crippen molar-refractivity contribution in [1.29, 1.82) is 0 Å². The molecule has 0 aliphatic heterocycles. The van der Waals surface area contributed by atoms with Crippen LogP contribution in [0.5, 0.6) is 0 Å². The zero-order chi connectivity index (χ0) is 10.8. The van der Waals surface area contributed by atoms with Crippen molar-refractivity contribution in [3.8, 4) is 0 Å². The lowest BCUT2D eigenvalue weighted by Crippen LogP contribution is -2.26. The van der Waals surface area contributed by atoms with E-state index in [1.54, 1.807) is 0 Å². The van der Waals surface area contributed by atoms with E-state index in [1.807, 2.05) is 6.92 Å². The van der Waals surface area contributed by atoms with Crippen molar-refractivity contribution in [2.24, 2.45) is 0 Å². The average Bonchev–Trinajstić information content (AvgIpc) is 2.16. The van der Waals surface area contributed by atoms with Gasteiger partial charge in [-0.2, -0.15) is 0 Å². The summed E-state index contributed by atoms with van der Waals surface area (Å²) in [6, 6.07) is 0. The minimum atomic E-state index is -2.03. The first-order valence-corrected chi connectivity index (χ1v) is 6.59. The lowest BCUT2D eigenvalue weighted by atomic mass is 10.1. The molecule has 0 bridgehead atoms. The molecule has 0 radical (unpaired) electrons. The normalized spacial score (nSPS) is 13.4. The summed E-state index contributed by atoms with van der Waals surface area (Å²) in [4.78, 5) is 0. The molecule has 0 saturated heterocycles. The van der Waals surface area contributed by atoms with Crippen molar-refractivity contribution in [3.05, 3.63) is 0 Å². The Morgan fingerprint density at radius 2 is 1.64 bits per heavy atom. The van der Waals surface area contributed by atoms with E-state index in [2.05, 4.69) is 6.92 Å². The number of rotatable bonds is 9. The van der Waals surface area contributed by atoms with E-state index in [1.165, 1.54) is 30.0 Å². The molecule has 0 aromatic heterocycles. The lowest BCUT2D eigenvalue weighted by Gasteiger charge is -2.21. The van der Waals surface area contributed by atoms with Gasteiger partial charge < -0.3 is 4.55 Å². The largest absolute Gasteiger partial charge is 0.760 e. The highest BCUT2D eigenvalue weighted by Gasteiger charge is 2.00. The Morgan fingerprint density at radius 3 is 2.14 bits per heavy atom. The maximum Gasteiger partial charge on any atom is 0.0209 e. The second kappa shape index (κ2) is 9.62. The van der Waals surface area contributed by atoms with E-state index in [9.17, 15) is 8.76 Å². The van der Waals surface area contributed by atoms with Crippen LogP contribution in [0.4, 0.5) is 0 Å². The quantitative estimate of drug-likeness (QED) is 0.442. The molecule has 14 heavy (non-hydrogen) atoms. The highest BCUT2D eigenvalue weighted by molar-refractivity contribution is 7.76. The molecule has 0 aliphatic rings. The molecule has 0 N–H and O–H groups in total. The molecule has 0 amide bonds. The summed E-state index contributed by atoms with van der Waals surface area (Å²) in [5.74, 6) is 0. The van der Waals surface area contributed by atoms with Crippen LogP contribution in [0.3, 0.4) is 0 Å². The number of hydrogen-bond acceptors (Lipinski definition) is 2. The van der Waals surface area contributed by atoms with Gasteiger partial charge in [0.05, 0.1) is 0 Å². The summed E-state index contributed by atoms with van der Waals surface area (Å²) >= 11 is -2.03. The molecule has 0 aliphatic carbocycles. The minimum absolute atomic E-state index is 0.588. The molecule has 0 fully saturated rings. The predicted molar refractivity (Wildman–Crippen MR) is 59.5 cm³/mol.